The van der Waals surface area contributed by atoms with Crippen LogP contribution in [0, 0.1) is 0 Å². The second-order valence-electron chi connectivity index (χ2n) is 2.79. The minimum atomic E-state index is -0.866. The van der Waals surface area contributed by atoms with Gasteiger partial charge in [-0.2, -0.15) is 11.8 Å². The van der Waals surface area contributed by atoms with Gasteiger partial charge in [0.1, 0.15) is 5.69 Å². The van der Waals surface area contributed by atoms with Gasteiger partial charge in [-0.1, -0.05) is 0 Å². The third kappa shape index (κ3) is 1.22. The van der Waals surface area contributed by atoms with Crippen LogP contribution in [0.3, 0.4) is 0 Å². The molecule has 2 heterocycles. The molecule has 64 valence electrons. The first kappa shape index (κ1) is 7.73. The minimum Gasteiger partial charge on any atom is -0.477 e. The van der Waals surface area contributed by atoms with Crippen LogP contribution >= 0.6 is 11.8 Å². The fourth-order valence-electron chi connectivity index (χ4n) is 1.36. The minimum absolute atomic E-state index is 0.322. The number of hydrogen-bond donors (Lipinski definition) is 2. The molecule has 0 bridgehead atoms. The second-order valence-corrected chi connectivity index (χ2v) is 3.90. The molecular formula is C8H9NO2S. The van der Waals surface area contributed by atoms with E-state index in [-0.39, 0.29) is 0 Å². The van der Waals surface area contributed by atoms with E-state index in [0.29, 0.717) is 5.69 Å². The molecule has 3 nitrogen and oxygen atoms in total. The summed E-state index contributed by atoms with van der Waals surface area (Å²) in [6.45, 7) is 0. The number of thioether (sulfide) groups is 1. The summed E-state index contributed by atoms with van der Waals surface area (Å²) in [4.78, 5) is 13.5. The maximum atomic E-state index is 10.6. The lowest BCUT2D eigenvalue weighted by Gasteiger charge is -2.08. The lowest BCUT2D eigenvalue weighted by Crippen LogP contribution is -2.00. The van der Waals surface area contributed by atoms with Gasteiger partial charge in [-0.3, -0.25) is 0 Å². The number of carbonyl (C=O) groups is 1. The van der Waals surface area contributed by atoms with Crippen LogP contribution in [0.15, 0.2) is 6.07 Å². The molecule has 0 amide bonds. The summed E-state index contributed by atoms with van der Waals surface area (Å²) in [6, 6.07) is 1.74. The molecule has 0 saturated carbocycles. The van der Waals surface area contributed by atoms with Gasteiger partial charge >= 0.3 is 5.97 Å². The molecule has 0 radical (unpaired) electrons. The highest BCUT2D eigenvalue weighted by molar-refractivity contribution is 7.98. The fraction of sp³-hybridized carbons (Fsp3) is 0.375. The Balaban J connectivity index is 2.38. The van der Waals surface area contributed by atoms with E-state index in [0.717, 1.165) is 29.2 Å². The number of aromatic carboxylic acids is 1. The molecule has 0 aromatic carbocycles. The first-order valence-electron chi connectivity index (χ1n) is 3.79. The molecule has 0 spiro atoms. The highest BCUT2D eigenvalue weighted by Crippen LogP contribution is 2.24. The summed E-state index contributed by atoms with van der Waals surface area (Å²) in [5.41, 5.74) is 2.58. The number of hydrogen-bond acceptors (Lipinski definition) is 2. The van der Waals surface area contributed by atoms with Crippen molar-refractivity contribution in [3.8, 4) is 0 Å². The van der Waals surface area contributed by atoms with E-state index >= 15 is 0 Å². The number of aromatic nitrogens is 1. The highest BCUT2D eigenvalue weighted by atomic mass is 32.2. The van der Waals surface area contributed by atoms with Crippen molar-refractivity contribution < 1.29 is 9.90 Å². The van der Waals surface area contributed by atoms with Crippen LogP contribution in [-0.4, -0.2) is 21.8 Å². The number of aryl methyl sites for hydroxylation is 1. The number of rotatable bonds is 1. The predicted octanol–water partition coefficient (Wildman–Crippen LogP) is 1.50. The molecule has 0 saturated heterocycles. The Kier molecular flexibility index (Phi) is 1.84. The van der Waals surface area contributed by atoms with Crippen molar-refractivity contribution in [3.63, 3.8) is 0 Å². The Hall–Kier alpha value is -0.900. The van der Waals surface area contributed by atoms with Crippen LogP contribution in [0.5, 0.6) is 0 Å². The Labute approximate surface area is 74.2 Å². The second kappa shape index (κ2) is 2.86. The highest BCUT2D eigenvalue weighted by Gasteiger charge is 2.15. The van der Waals surface area contributed by atoms with E-state index in [9.17, 15) is 4.79 Å². The maximum Gasteiger partial charge on any atom is 0.352 e. The first-order valence-corrected chi connectivity index (χ1v) is 4.94. The van der Waals surface area contributed by atoms with E-state index in [2.05, 4.69) is 4.98 Å². The summed E-state index contributed by atoms with van der Waals surface area (Å²) >= 11 is 1.85. The average Bonchev–Trinajstić information content (AvgIpc) is 2.46. The van der Waals surface area contributed by atoms with Crippen LogP contribution in [0.25, 0.3) is 0 Å². The van der Waals surface area contributed by atoms with Crippen molar-refractivity contribution in [2.24, 2.45) is 0 Å². The van der Waals surface area contributed by atoms with Gasteiger partial charge in [0.25, 0.3) is 0 Å². The molecule has 1 aliphatic rings. The molecule has 2 rings (SSSR count). The smallest absolute Gasteiger partial charge is 0.352 e. The largest absolute Gasteiger partial charge is 0.477 e. The normalized spacial score (nSPS) is 15.7. The first-order chi connectivity index (χ1) is 5.77. The quantitative estimate of drug-likeness (QED) is 0.693. The number of fused-ring (bicyclic) bond motifs is 1. The Morgan fingerprint density at radius 2 is 2.50 bits per heavy atom. The summed E-state index contributed by atoms with van der Waals surface area (Å²) in [5, 5.41) is 8.70. The molecule has 2 N–H and O–H groups in total. The fourth-order valence-corrected chi connectivity index (χ4v) is 2.33. The van der Waals surface area contributed by atoms with Gasteiger partial charge in [0.15, 0.2) is 0 Å². The van der Waals surface area contributed by atoms with Gasteiger partial charge in [0.05, 0.1) is 0 Å². The summed E-state index contributed by atoms with van der Waals surface area (Å²) in [7, 11) is 0. The van der Waals surface area contributed by atoms with Crippen LogP contribution in [0.1, 0.15) is 21.7 Å². The van der Waals surface area contributed by atoms with Crippen molar-refractivity contribution in [2.75, 3.05) is 5.75 Å². The molecule has 0 unspecified atom stereocenters. The number of carboxylic acid groups (broad SMARTS) is 1. The molecule has 0 aliphatic carbocycles. The van der Waals surface area contributed by atoms with E-state index in [1.54, 1.807) is 6.07 Å². The van der Waals surface area contributed by atoms with Crippen molar-refractivity contribution in [1.82, 2.24) is 4.98 Å². The van der Waals surface area contributed by atoms with Gasteiger partial charge in [-0.25, -0.2) is 4.79 Å². The summed E-state index contributed by atoms with van der Waals surface area (Å²) in [5.74, 6) is 1.17. The molecule has 4 heteroatoms. The number of nitrogens with one attached hydrogen (secondary N) is 1. The van der Waals surface area contributed by atoms with Gasteiger partial charge < -0.3 is 10.1 Å². The summed E-state index contributed by atoms with van der Waals surface area (Å²) < 4.78 is 0. The average molecular weight is 183 g/mol. The zero-order valence-electron chi connectivity index (χ0n) is 6.46. The summed E-state index contributed by atoms with van der Waals surface area (Å²) in [6.07, 6.45) is 0.966. The number of carboxylic acids is 1. The lowest BCUT2D eigenvalue weighted by atomic mass is 10.2. The van der Waals surface area contributed by atoms with Gasteiger partial charge in [-0.05, 0) is 23.8 Å². The van der Waals surface area contributed by atoms with Crippen molar-refractivity contribution >= 4 is 17.7 Å². The van der Waals surface area contributed by atoms with Crippen LogP contribution in [0.4, 0.5) is 0 Å². The standard InChI is InChI=1S/C8H9NO2S/c10-8(11)7-3-5-4-12-2-1-6(5)9-7/h3,9H,1-2,4H2,(H,10,11). The van der Waals surface area contributed by atoms with Gasteiger partial charge in [-0.15, -0.1) is 0 Å². The van der Waals surface area contributed by atoms with Crippen molar-refractivity contribution in [3.05, 3.63) is 23.0 Å². The third-order valence-electron chi connectivity index (χ3n) is 1.98. The molecule has 0 atom stereocenters. The zero-order chi connectivity index (χ0) is 8.55. The van der Waals surface area contributed by atoms with Crippen molar-refractivity contribution in [1.29, 1.82) is 0 Å². The molecule has 1 aliphatic heterocycles. The topological polar surface area (TPSA) is 53.1 Å². The number of aromatic amines is 1. The Morgan fingerprint density at radius 1 is 1.67 bits per heavy atom. The van der Waals surface area contributed by atoms with Crippen LogP contribution in [-0.2, 0) is 12.2 Å². The Bertz CT molecular complexity index is 295. The monoisotopic (exact) mass is 183 g/mol. The van der Waals surface area contributed by atoms with E-state index in [1.807, 2.05) is 11.8 Å². The Morgan fingerprint density at radius 3 is 3.17 bits per heavy atom. The lowest BCUT2D eigenvalue weighted by molar-refractivity contribution is 0.0691. The third-order valence-corrected chi connectivity index (χ3v) is 2.98. The van der Waals surface area contributed by atoms with Crippen LogP contribution < -0.4 is 0 Å². The number of H-pyrrole nitrogens is 1. The van der Waals surface area contributed by atoms with E-state index in [1.165, 1.54) is 0 Å². The molecule has 12 heavy (non-hydrogen) atoms. The van der Waals surface area contributed by atoms with E-state index in [4.69, 9.17) is 5.11 Å². The van der Waals surface area contributed by atoms with Gasteiger partial charge in [0.2, 0.25) is 0 Å². The van der Waals surface area contributed by atoms with Gasteiger partial charge in [0, 0.05) is 11.4 Å². The molecular weight excluding hydrogens is 174 g/mol. The molecule has 1 aromatic rings. The van der Waals surface area contributed by atoms with E-state index < -0.39 is 5.97 Å². The zero-order valence-corrected chi connectivity index (χ0v) is 7.28. The molecule has 1 aromatic heterocycles. The maximum absolute atomic E-state index is 10.6. The van der Waals surface area contributed by atoms with Crippen LogP contribution in [0.2, 0.25) is 0 Å². The predicted molar refractivity (Wildman–Crippen MR) is 47.6 cm³/mol. The molecule has 0 fully saturated rings. The van der Waals surface area contributed by atoms with Crippen molar-refractivity contribution in [2.45, 2.75) is 12.2 Å². The SMILES string of the molecule is O=C(O)c1cc2c([nH]1)CCSC2.